The molecule has 6 nitrogen and oxygen atoms in total. The van der Waals surface area contributed by atoms with E-state index in [0.717, 1.165) is 62.6 Å². The van der Waals surface area contributed by atoms with Crippen molar-refractivity contribution in [2.24, 2.45) is 11.7 Å². The number of nitrogens with zero attached hydrogens (tertiary/aromatic N) is 4. The molecule has 0 radical (unpaired) electrons. The second-order valence-electron chi connectivity index (χ2n) is 7.53. The van der Waals surface area contributed by atoms with Crippen LogP contribution in [0.5, 0.6) is 0 Å². The van der Waals surface area contributed by atoms with Gasteiger partial charge in [0.05, 0.1) is 0 Å². The van der Waals surface area contributed by atoms with Gasteiger partial charge in [-0.1, -0.05) is 36.8 Å². The lowest BCUT2D eigenvalue weighted by atomic mass is 9.99. The summed E-state index contributed by atoms with van der Waals surface area (Å²) in [6.45, 7) is 3.08. The third-order valence-corrected chi connectivity index (χ3v) is 5.78. The fourth-order valence-corrected chi connectivity index (χ4v) is 4.11. The highest BCUT2D eigenvalue weighted by Gasteiger charge is 2.29. The molecule has 2 aliphatic rings. The summed E-state index contributed by atoms with van der Waals surface area (Å²) in [5.74, 6) is 2.28. The Kier molecular flexibility index (Phi) is 8.68. The summed E-state index contributed by atoms with van der Waals surface area (Å²) in [6, 6.07) is 12.2. The van der Waals surface area contributed by atoms with Crippen molar-refractivity contribution in [2.45, 2.75) is 31.7 Å². The maximum Gasteiger partial charge on any atom is 0.223 e. The van der Waals surface area contributed by atoms with Crippen molar-refractivity contribution in [3.05, 3.63) is 42.6 Å². The van der Waals surface area contributed by atoms with Crippen molar-refractivity contribution in [3.8, 4) is 11.4 Å². The first-order chi connectivity index (χ1) is 13.2. The number of amides is 1. The number of carbonyl (C=O) groups is 1. The SMILES string of the molecule is Cl.Cl.N[C@@H]1CCC[C@H]1CC(=O)N1CCN(c2ccnc(-c3ccccc3)n2)CC1. The monoisotopic (exact) mass is 437 g/mol. The third kappa shape index (κ3) is 5.59. The molecule has 1 aromatic carbocycles. The Balaban J connectivity index is 0.00000150. The van der Waals surface area contributed by atoms with Crippen LogP contribution in [0.25, 0.3) is 11.4 Å². The van der Waals surface area contributed by atoms with E-state index in [2.05, 4.69) is 9.88 Å². The fourth-order valence-electron chi connectivity index (χ4n) is 4.11. The van der Waals surface area contributed by atoms with E-state index in [1.165, 1.54) is 0 Å². The first-order valence-electron chi connectivity index (χ1n) is 9.87. The molecule has 158 valence electrons. The van der Waals surface area contributed by atoms with E-state index in [9.17, 15) is 4.79 Å². The molecule has 1 aliphatic heterocycles. The summed E-state index contributed by atoms with van der Waals surface area (Å²) < 4.78 is 0. The number of nitrogens with two attached hydrogens (primary N) is 1. The first kappa shape index (κ1) is 23.4. The van der Waals surface area contributed by atoms with Gasteiger partial charge in [-0.25, -0.2) is 9.97 Å². The predicted molar refractivity (Wildman–Crippen MR) is 121 cm³/mol. The van der Waals surface area contributed by atoms with Crippen LogP contribution in [0, 0.1) is 5.92 Å². The zero-order chi connectivity index (χ0) is 18.6. The van der Waals surface area contributed by atoms with E-state index in [4.69, 9.17) is 10.7 Å². The van der Waals surface area contributed by atoms with Crippen molar-refractivity contribution in [1.82, 2.24) is 14.9 Å². The van der Waals surface area contributed by atoms with E-state index in [-0.39, 0.29) is 36.8 Å². The van der Waals surface area contributed by atoms with E-state index < -0.39 is 0 Å². The van der Waals surface area contributed by atoms with E-state index >= 15 is 0 Å². The Morgan fingerprint density at radius 1 is 1.03 bits per heavy atom. The van der Waals surface area contributed by atoms with Crippen LogP contribution < -0.4 is 10.6 Å². The fraction of sp³-hybridized carbons (Fsp3) is 0.476. The van der Waals surface area contributed by atoms with Crippen LogP contribution in [-0.2, 0) is 4.79 Å². The summed E-state index contributed by atoms with van der Waals surface area (Å²) >= 11 is 0. The second kappa shape index (κ2) is 10.8. The van der Waals surface area contributed by atoms with Crippen molar-refractivity contribution in [1.29, 1.82) is 0 Å². The minimum atomic E-state index is 0. The number of aromatic nitrogens is 2. The molecule has 2 aromatic rings. The minimum Gasteiger partial charge on any atom is -0.353 e. The van der Waals surface area contributed by atoms with E-state index in [0.29, 0.717) is 12.3 Å². The molecule has 0 bridgehead atoms. The van der Waals surface area contributed by atoms with Crippen molar-refractivity contribution >= 4 is 36.5 Å². The van der Waals surface area contributed by atoms with Gasteiger partial charge < -0.3 is 15.5 Å². The number of rotatable bonds is 4. The van der Waals surface area contributed by atoms with Crippen LogP contribution in [0.4, 0.5) is 5.82 Å². The third-order valence-electron chi connectivity index (χ3n) is 5.78. The lowest BCUT2D eigenvalue weighted by Gasteiger charge is -2.36. The Bertz CT molecular complexity index is 784. The van der Waals surface area contributed by atoms with Crippen molar-refractivity contribution < 1.29 is 4.79 Å². The molecule has 8 heteroatoms. The number of carbonyl (C=O) groups excluding carboxylic acids is 1. The molecule has 1 saturated carbocycles. The zero-order valence-corrected chi connectivity index (χ0v) is 18.1. The number of benzene rings is 1. The maximum absolute atomic E-state index is 12.6. The molecule has 1 aliphatic carbocycles. The van der Waals surface area contributed by atoms with Crippen LogP contribution in [0.15, 0.2) is 42.6 Å². The van der Waals surface area contributed by atoms with Crippen LogP contribution >= 0.6 is 24.8 Å². The first-order valence-corrected chi connectivity index (χ1v) is 9.87. The number of hydrogen-bond donors (Lipinski definition) is 1. The molecule has 1 aromatic heterocycles. The van der Waals surface area contributed by atoms with Gasteiger partial charge in [0.2, 0.25) is 5.91 Å². The zero-order valence-electron chi connectivity index (χ0n) is 16.4. The molecule has 4 rings (SSSR count). The Morgan fingerprint density at radius 2 is 1.76 bits per heavy atom. The summed E-state index contributed by atoms with van der Waals surface area (Å²) in [6.07, 6.45) is 5.72. The molecule has 2 fully saturated rings. The average molecular weight is 438 g/mol. The van der Waals surface area contributed by atoms with Gasteiger partial charge in [0.25, 0.3) is 0 Å². The second-order valence-corrected chi connectivity index (χ2v) is 7.53. The molecule has 2 N–H and O–H groups in total. The topological polar surface area (TPSA) is 75.4 Å². The number of anilines is 1. The highest BCUT2D eigenvalue weighted by Crippen LogP contribution is 2.27. The Morgan fingerprint density at radius 3 is 2.41 bits per heavy atom. The maximum atomic E-state index is 12.6. The van der Waals surface area contributed by atoms with Crippen LogP contribution in [-0.4, -0.2) is 53.0 Å². The van der Waals surface area contributed by atoms with Crippen molar-refractivity contribution in [2.75, 3.05) is 31.1 Å². The van der Waals surface area contributed by atoms with E-state index in [1.807, 2.05) is 47.5 Å². The summed E-state index contributed by atoms with van der Waals surface area (Å²) in [7, 11) is 0. The van der Waals surface area contributed by atoms with Gasteiger partial charge in [-0.2, -0.15) is 0 Å². The van der Waals surface area contributed by atoms with Crippen molar-refractivity contribution in [3.63, 3.8) is 0 Å². The molecular weight excluding hydrogens is 409 g/mol. The van der Waals surface area contributed by atoms with Gasteiger partial charge in [-0.15, -0.1) is 24.8 Å². The normalized spacial score (nSPS) is 21.3. The molecule has 0 unspecified atom stereocenters. The van der Waals surface area contributed by atoms with Gasteiger partial charge in [-0.05, 0) is 24.8 Å². The van der Waals surface area contributed by atoms with Gasteiger partial charge >= 0.3 is 0 Å². The average Bonchev–Trinajstić information content (AvgIpc) is 3.13. The Labute approximate surface area is 184 Å². The Hall–Kier alpha value is -1.89. The van der Waals surface area contributed by atoms with Gasteiger partial charge in [0.1, 0.15) is 5.82 Å². The van der Waals surface area contributed by atoms with Gasteiger partial charge in [0.15, 0.2) is 5.82 Å². The van der Waals surface area contributed by atoms with Crippen LogP contribution in [0.2, 0.25) is 0 Å². The quantitative estimate of drug-likeness (QED) is 0.794. The highest BCUT2D eigenvalue weighted by molar-refractivity contribution is 5.85. The predicted octanol–water partition coefficient (Wildman–Crippen LogP) is 3.15. The van der Waals surface area contributed by atoms with Gasteiger partial charge in [-0.3, -0.25) is 4.79 Å². The molecule has 29 heavy (non-hydrogen) atoms. The molecule has 2 atom stereocenters. The smallest absolute Gasteiger partial charge is 0.223 e. The number of hydrogen-bond acceptors (Lipinski definition) is 5. The summed E-state index contributed by atoms with van der Waals surface area (Å²) in [4.78, 5) is 26.0. The lowest BCUT2D eigenvalue weighted by molar-refractivity contribution is -0.132. The van der Waals surface area contributed by atoms with Crippen LogP contribution in [0.1, 0.15) is 25.7 Å². The number of halogens is 2. The lowest BCUT2D eigenvalue weighted by Crippen LogP contribution is -2.49. The van der Waals surface area contributed by atoms with Gasteiger partial charge in [0, 0.05) is 50.4 Å². The van der Waals surface area contributed by atoms with E-state index in [1.54, 1.807) is 0 Å². The number of piperazine rings is 1. The summed E-state index contributed by atoms with van der Waals surface area (Å²) in [5, 5.41) is 0. The van der Waals surface area contributed by atoms with Crippen LogP contribution in [0.3, 0.4) is 0 Å². The molecule has 1 saturated heterocycles. The minimum absolute atomic E-state index is 0. The largest absolute Gasteiger partial charge is 0.353 e. The highest BCUT2D eigenvalue weighted by atomic mass is 35.5. The molecule has 1 amide bonds. The summed E-state index contributed by atoms with van der Waals surface area (Å²) in [5.41, 5.74) is 7.14. The molecular formula is C21H29Cl2N5O. The molecule has 2 heterocycles. The molecule has 0 spiro atoms. The standard InChI is InChI=1S/C21H27N5O.2ClH/c22-18-8-4-7-17(18)15-20(27)26-13-11-25(12-14-26)19-9-10-23-21(24-19)16-5-2-1-3-6-16;;/h1-3,5-6,9-10,17-18H,4,7-8,11-15,22H2;2*1H/t17-,18+;;/m0../s1.